The van der Waals surface area contributed by atoms with Crippen LogP contribution >= 0.6 is 11.6 Å². The number of halogens is 2. The van der Waals surface area contributed by atoms with Gasteiger partial charge >= 0.3 is 5.97 Å². The van der Waals surface area contributed by atoms with Gasteiger partial charge < -0.3 is 20.7 Å². The Morgan fingerprint density at radius 2 is 1.94 bits per heavy atom. The highest BCUT2D eigenvalue weighted by Crippen LogP contribution is 2.31. The summed E-state index contributed by atoms with van der Waals surface area (Å²) in [4.78, 5) is 24.3. The molecule has 0 saturated carbocycles. The first-order chi connectivity index (χ1) is 14.6. The van der Waals surface area contributed by atoms with Crippen molar-refractivity contribution in [2.45, 2.75) is 25.0 Å². The number of aliphatic carboxylic acids is 1. The van der Waals surface area contributed by atoms with E-state index in [0.29, 0.717) is 15.4 Å². The van der Waals surface area contributed by atoms with E-state index in [1.165, 1.54) is 49.4 Å². The predicted octanol–water partition coefficient (Wildman–Crippen LogP) is 2.46. The number of hydrogen-bond donors (Lipinski definition) is 4. The Hall–Kier alpha value is -3.50. The molecule has 11 heteroatoms. The lowest BCUT2D eigenvalue weighted by molar-refractivity contribution is -0.161. The van der Waals surface area contributed by atoms with E-state index in [9.17, 15) is 24.2 Å². The maximum Gasteiger partial charge on any atom is 0.340 e. The molecule has 2 aromatic carbocycles. The second-order valence-corrected chi connectivity index (χ2v) is 7.41. The molecule has 0 aliphatic carbocycles. The molecule has 0 bridgehead atoms. The Balaban J connectivity index is 1.80. The first-order valence-corrected chi connectivity index (χ1v) is 9.42. The van der Waals surface area contributed by atoms with Crippen molar-refractivity contribution >= 4 is 23.5 Å². The molecular weight excluding hydrogens is 431 g/mol. The van der Waals surface area contributed by atoms with E-state index in [0.717, 1.165) is 6.20 Å². The summed E-state index contributed by atoms with van der Waals surface area (Å²) in [7, 11) is 0. The fourth-order valence-corrected chi connectivity index (χ4v) is 3.30. The first kappa shape index (κ1) is 22.2. The first-order valence-electron chi connectivity index (χ1n) is 9.04. The summed E-state index contributed by atoms with van der Waals surface area (Å²) in [5.41, 5.74) is -1.78. The van der Waals surface area contributed by atoms with Gasteiger partial charge in [0, 0.05) is 23.0 Å². The zero-order chi connectivity index (χ0) is 22.8. The molecule has 2 atom stereocenters. The van der Waals surface area contributed by atoms with E-state index in [4.69, 9.17) is 16.8 Å². The zero-order valence-electron chi connectivity index (χ0n) is 16.2. The minimum absolute atomic E-state index is 0.0496. The molecule has 0 aliphatic heterocycles. The molecule has 0 saturated heterocycles. The highest BCUT2D eigenvalue weighted by molar-refractivity contribution is 6.30. The average Bonchev–Trinajstić information content (AvgIpc) is 3.16. The van der Waals surface area contributed by atoms with Crippen LogP contribution in [0, 0.1) is 5.82 Å². The number of aromatic nitrogens is 3. The molecule has 9 nitrogen and oxygen atoms in total. The maximum atomic E-state index is 14.1. The normalized spacial score (nSPS) is 13.9. The van der Waals surface area contributed by atoms with Gasteiger partial charge in [-0.15, -0.1) is 5.10 Å². The summed E-state index contributed by atoms with van der Waals surface area (Å²) in [5, 5.41) is 39.1. The Kier molecular flexibility index (Phi) is 6.23. The van der Waals surface area contributed by atoms with Crippen molar-refractivity contribution in [3.8, 4) is 11.1 Å². The van der Waals surface area contributed by atoms with E-state index in [2.05, 4.69) is 15.6 Å². The molecule has 0 fully saturated rings. The van der Waals surface area contributed by atoms with E-state index in [-0.39, 0.29) is 23.2 Å². The van der Waals surface area contributed by atoms with Gasteiger partial charge in [0.1, 0.15) is 5.82 Å². The number of carboxylic acid groups (broad SMARTS) is 1. The van der Waals surface area contributed by atoms with Crippen LogP contribution in [0.3, 0.4) is 0 Å². The quantitative estimate of drug-likeness (QED) is 0.407. The minimum Gasteiger partial charge on any atom is -0.479 e. The van der Waals surface area contributed by atoms with Crippen molar-refractivity contribution in [1.29, 1.82) is 0 Å². The van der Waals surface area contributed by atoms with Crippen molar-refractivity contribution in [3.63, 3.8) is 0 Å². The van der Waals surface area contributed by atoms with Crippen molar-refractivity contribution in [1.82, 2.24) is 20.5 Å². The molecule has 1 amide bonds. The van der Waals surface area contributed by atoms with Crippen LogP contribution < -0.4 is 5.32 Å². The predicted molar refractivity (Wildman–Crippen MR) is 107 cm³/mol. The summed E-state index contributed by atoms with van der Waals surface area (Å²) >= 11 is 5.91. The molecule has 1 aromatic heterocycles. The highest BCUT2D eigenvalue weighted by Gasteiger charge is 2.40. The average molecular weight is 449 g/mol. The Labute approximate surface area is 180 Å². The van der Waals surface area contributed by atoms with Crippen LogP contribution in [0.4, 0.5) is 4.39 Å². The summed E-state index contributed by atoms with van der Waals surface area (Å²) in [6, 6.07) is 8.97. The van der Waals surface area contributed by atoms with E-state index in [1.807, 2.05) is 0 Å². The Morgan fingerprint density at radius 1 is 1.26 bits per heavy atom. The lowest BCUT2D eigenvalue weighted by Crippen LogP contribution is -2.44. The number of rotatable bonds is 7. The second kappa shape index (κ2) is 8.70. The third kappa shape index (κ3) is 4.81. The summed E-state index contributed by atoms with van der Waals surface area (Å²) in [6.07, 6.45) is 0.603. The number of amides is 1. The molecule has 3 rings (SSSR count). The number of carbonyl (C=O) groups excluding carboxylic acids is 1. The van der Waals surface area contributed by atoms with Gasteiger partial charge in [-0.05, 0) is 41.5 Å². The van der Waals surface area contributed by atoms with Crippen molar-refractivity contribution < 1.29 is 29.4 Å². The smallest absolute Gasteiger partial charge is 0.340 e. The topological polar surface area (TPSA) is 138 Å². The zero-order valence-corrected chi connectivity index (χ0v) is 16.9. The molecule has 4 N–H and O–H groups in total. The fourth-order valence-electron chi connectivity index (χ4n) is 3.12. The molecule has 31 heavy (non-hydrogen) atoms. The van der Waals surface area contributed by atoms with Gasteiger partial charge in [0.05, 0.1) is 6.20 Å². The second-order valence-electron chi connectivity index (χ2n) is 6.97. The van der Waals surface area contributed by atoms with Gasteiger partial charge in [0.25, 0.3) is 5.91 Å². The van der Waals surface area contributed by atoms with Crippen LogP contribution in [0.1, 0.15) is 29.4 Å². The number of nitrogens with one attached hydrogen (secondary N) is 1. The van der Waals surface area contributed by atoms with Crippen LogP contribution in [-0.4, -0.2) is 48.5 Å². The van der Waals surface area contributed by atoms with Crippen LogP contribution in [0.5, 0.6) is 0 Å². The number of nitrogens with zero attached hydrogens (tertiary/aromatic N) is 3. The van der Waals surface area contributed by atoms with Gasteiger partial charge in [-0.1, -0.05) is 40.7 Å². The van der Waals surface area contributed by atoms with E-state index < -0.39 is 29.3 Å². The van der Waals surface area contributed by atoms with Crippen LogP contribution in [-0.2, 0) is 10.4 Å². The van der Waals surface area contributed by atoms with Crippen molar-refractivity contribution in [3.05, 3.63) is 70.8 Å². The molecular formula is C20H18ClFN4O5. The van der Waals surface area contributed by atoms with Gasteiger partial charge in [-0.2, -0.15) is 0 Å². The summed E-state index contributed by atoms with van der Waals surface area (Å²) in [5.74, 6) is -2.72. The van der Waals surface area contributed by atoms with Gasteiger partial charge in [-0.3, -0.25) is 4.79 Å². The number of carbonyl (C=O) groups is 2. The monoisotopic (exact) mass is 448 g/mol. The highest BCUT2D eigenvalue weighted by atomic mass is 35.5. The molecule has 162 valence electrons. The minimum atomic E-state index is -2.33. The molecule has 2 unspecified atom stereocenters. The van der Waals surface area contributed by atoms with Crippen LogP contribution in [0.15, 0.2) is 48.7 Å². The van der Waals surface area contributed by atoms with Gasteiger partial charge in [-0.25, -0.2) is 9.18 Å². The largest absolute Gasteiger partial charge is 0.479 e. The number of benzene rings is 2. The Morgan fingerprint density at radius 3 is 2.52 bits per heavy atom. The lowest BCUT2D eigenvalue weighted by Gasteiger charge is -2.27. The fraction of sp³-hybridized carbons (Fsp3) is 0.200. The SMILES string of the molecule is CC(CC(O)(C(=O)O)c1ccc(-c2cc(Cl)ccc2F)cc1)NC(=O)c1cn(O)nn1. The van der Waals surface area contributed by atoms with Gasteiger partial charge in [0.15, 0.2) is 11.3 Å². The maximum absolute atomic E-state index is 14.1. The van der Waals surface area contributed by atoms with Crippen LogP contribution in [0.2, 0.25) is 5.02 Å². The molecule has 0 spiro atoms. The van der Waals surface area contributed by atoms with Gasteiger partial charge in [0.2, 0.25) is 0 Å². The van der Waals surface area contributed by atoms with E-state index in [1.54, 1.807) is 0 Å². The number of carboxylic acids is 1. The van der Waals surface area contributed by atoms with Crippen molar-refractivity contribution in [2.24, 2.45) is 0 Å². The van der Waals surface area contributed by atoms with E-state index >= 15 is 0 Å². The van der Waals surface area contributed by atoms with Crippen molar-refractivity contribution in [2.75, 3.05) is 0 Å². The number of aliphatic hydroxyl groups is 1. The molecule has 0 radical (unpaired) electrons. The Bertz CT molecular complexity index is 1120. The van der Waals surface area contributed by atoms with Crippen LogP contribution in [0.25, 0.3) is 11.1 Å². The summed E-state index contributed by atoms with van der Waals surface area (Å²) in [6.45, 7) is 1.50. The molecule has 3 aromatic rings. The lowest BCUT2D eigenvalue weighted by atomic mass is 9.86. The summed E-state index contributed by atoms with van der Waals surface area (Å²) < 4.78 is 14.1. The molecule has 0 aliphatic rings. The third-order valence-electron chi connectivity index (χ3n) is 4.65. The number of hydrogen-bond acceptors (Lipinski definition) is 6. The standard InChI is InChI=1S/C20H18ClFN4O5/c1-11(23-18(27)17-10-26(31)25-24-17)9-20(30,19(28)29)13-4-2-12(3-5-13)15-8-14(21)6-7-16(15)22/h2-8,10-11,30-31H,9H2,1H3,(H,23,27)(H,28,29). The third-order valence-corrected chi connectivity index (χ3v) is 4.88. The molecule has 1 heterocycles.